The molecule has 16 heavy (non-hydrogen) atoms. The van der Waals surface area contributed by atoms with Gasteiger partial charge in [0.15, 0.2) is 6.10 Å². The molecule has 0 fully saturated rings. The van der Waals surface area contributed by atoms with Gasteiger partial charge in [-0.1, -0.05) is 24.1 Å². The van der Waals surface area contributed by atoms with Crippen molar-refractivity contribution in [3.63, 3.8) is 0 Å². The Hall–Kier alpha value is -1.95. The molecule has 0 aromatic heterocycles. The van der Waals surface area contributed by atoms with Crippen LogP contribution in [0.5, 0.6) is 5.75 Å². The number of hydrogen-bond donors (Lipinski definition) is 0. The number of ether oxygens (including phenoxy) is 1. The van der Waals surface area contributed by atoms with Crippen molar-refractivity contribution in [1.82, 2.24) is 4.90 Å². The molecule has 1 aliphatic heterocycles. The number of benzene rings is 1. The summed E-state index contributed by atoms with van der Waals surface area (Å²) in [5, 5.41) is 0. The van der Waals surface area contributed by atoms with E-state index in [1.54, 1.807) is 7.05 Å². The largest absolute Gasteiger partial charge is 0.480 e. The van der Waals surface area contributed by atoms with Crippen LogP contribution in [-0.2, 0) is 11.2 Å². The zero-order valence-corrected chi connectivity index (χ0v) is 9.14. The average Bonchev–Trinajstić information content (AvgIpc) is 2.71. The van der Waals surface area contributed by atoms with E-state index in [1.807, 2.05) is 24.3 Å². The molecule has 1 aromatic carbocycles. The topological polar surface area (TPSA) is 29.5 Å². The van der Waals surface area contributed by atoms with Crippen LogP contribution in [0.15, 0.2) is 24.3 Å². The van der Waals surface area contributed by atoms with Gasteiger partial charge in [0, 0.05) is 13.5 Å². The molecule has 0 N–H and O–H groups in total. The fraction of sp³-hybridized carbons (Fsp3) is 0.308. The number of nitrogens with zero attached hydrogens (tertiary/aromatic N) is 1. The lowest BCUT2D eigenvalue weighted by atomic mass is 10.1. The minimum atomic E-state index is -0.421. The van der Waals surface area contributed by atoms with Crippen LogP contribution in [0, 0.1) is 12.3 Å². The van der Waals surface area contributed by atoms with Crippen molar-refractivity contribution in [2.45, 2.75) is 12.5 Å². The number of terminal acetylenes is 1. The van der Waals surface area contributed by atoms with E-state index in [4.69, 9.17) is 11.2 Å². The first-order chi connectivity index (χ1) is 7.72. The molecule has 1 atom stereocenters. The van der Waals surface area contributed by atoms with E-state index in [-0.39, 0.29) is 5.91 Å². The first-order valence-electron chi connectivity index (χ1n) is 5.15. The number of para-hydroxylation sites is 1. The Labute approximate surface area is 95.0 Å². The monoisotopic (exact) mass is 215 g/mol. The van der Waals surface area contributed by atoms with Gasteiger partial charge in [-0.25, -0.2) is 0 Å². The Morgan fingerprint density at radius 2 is 2.38 bits per heavy atom. The van der Waals surface area contributed by atoms with E-state index in [0.717, 1.165) is 11.3 Å². The maximum Gasteiger partial charge on any atom is 0.264 e. The molecule has 0 aliphatic carbocycles. The summed E-state index contributed by atoms with van der Waals surface area (Å²) in [4.78, 5) is 13.4. The summed E-state index contributed by atoms with van der Waals surface area (Å²) in [6, 6.07) is 7.70. The van der Waals surface area contributed by atoms with Gasteiger partial charge in [0.2, 0.25) is 0 Å². The number of amides is 1. The number of carbonyl (C=O) groups is 1. The van der Waals surface area contributed by atoms with Gasteiger partial charge >= 0.3 is 0 Å². The highest BCUT2D eigenvalue weighted by Gasteiger charge is 2.30. The lowest BCUT2D eigenvalue weighted by molar-refractivity contribution is -0.135. The second-order valence-electron chi connectivity index (χ2n) is 3.82. The van der Waals surface area contributed by atoms with E-state index in [2.05, 4.69) is 5.92 Å². The summed E-state index contributed by atoms with van der Waals surface area (Å²) in [5.74, 6) is 3.18. The van der Waals surface area contributed by atoms with Crippen LogP contribution in [0.2, 0.25) is 0 Å². The highest BCUT2D eigenvalue weighted by Crippen LogP contribution is 2.28. The summed E-state index contributed by atoms with van der Waals surface area (Å²) in [6.07, 6.45) is 5.37. The quantitative estimate of drug-likeness (QED) is 0.691. The Balaban J connectivity index is 2.07. The number of fused-ring (bicyclic) bond motifs is 1. The van der Waals surface area contributed by atoms with Crippen molar-refractivity contribution < 1.29 is 9.53 Å². The minimum absolute atomic E-state index is 0.0610. The number of hydrogen-bond acceptors (Lipinski definition) is 2. The van der Waals surface area contributed by atoms with Gasteiger partial charge in [0.05, 0.1) is 6.54 Å². The van der Waals surface area contributed by atoms with Gasteiger partial charge in [-0.3, -0.25) is 4.79 Å². The van der Waals surface area contributed by atoms with Crippen LogP contribution in [0.3, 0.4) is 0 Å². The summed E-state index contributed by atoms with van der Waals surface area (Å²) in [7, 11) is 1.69. The number of rotatable bonds is 2. The molecule has 82 valence electrons. The van der Waals surface area contributed by atoms with Crippen molar-refractivity contribution in [3.8, 4) is 18.1 Å². The van der Waals surface area contributed by atoms with Crippen molar-refractivity contribution >= 4 is 5.91 Å². The molecule has 3 nitrogen and oxygen atoms in total. The molecular formula is C13H13NO2. The Kier molecular flexibility index (Phi) is 2.82. The molecule has 1 heterocycles. The van der Waals surface area contributed by atoms with Crippen molar-refractivity contribution in [2.75, 3.05) is 13.6 Å². The van der Waals surface area contributed by atoms with Crippen molar-refractivity contribution in [3.05, 3.63) is 29.8 Å². The van der Waals surface area contributed by atoms with Gasteiger partial charge in [0.25, 0.3) is 5.91 Å². The van der Waals surface area contributed by atoms with Crippen LogP contribution < -0.4 is 4.74 Å². The van der Waals surface area contributed by atoms with E-state index in [9.17, 15) is 4.79 Å². The summed E-state index contributed by atoms with van der Waals surface area (Å²) >= 11 is 0. The Morgan fingerprint density at radius 3 is 3.06 bits per heavy atom. The van der Waals surface area contributed by atoms with Crippen LogP contribution in [0.25, 0.3) is 0 Å². The van der Waals surface area contributed by atoms with Crippen LogP contribution in [0.4, 0.5) is 0 Å². The molecule has 3 heteroatoms. The minimum Gasteiger partial charge on any atom is -0.480 e. The number of carbonyl (C=O) groups excluding carboxylic acids is 1. The molecule has 2 rings (SSSR count). The maximum absolute atomic E-state index is 11.9. The smallest absolute Gasteiger partial charge is 0.264 e. The van der Waals surface area contributed by atoms with E-state index in [1.165, 1.54) is 4.90 Å². The molecule has 0 bridgehead atoms. The highest BCUT2D eigenvalue weighted by atomic mass is 16.5. The first-order valence-corrected chi connectivity index (χ1v) is 5.15. The number of likely N-dealkylation sites (N-methyl/N-ethyl adjacent to an activating group) is 1. The predicted octanol–water partition coefficient (Wildman–Crippen LogP) is 1.08. The van der Waals surface area contributed by atoms with E-state index >= 15 is 0 Å². The Morgan fingerprint density at radius 1 is 1.62 bits per heavy atom. The lowest BCUT2D eigenvalue weighted by Gasteiger charge is -2.18. The molecule has 0 radical (unpaired) electrons. The molecule has 1 aromatic rings. The van der Waals surface area contributed by atoms with Gasteiger partial charge in [-0.2, -0.15) is 0 Å². The predicted molar refractivity (Wildman–Crippen MR) is 61.0 cm³/mol. The lowest BCUT2D eigenvalue weighted by Crippen LogP contribution is -2.39. The van der Waals surface area contributed by atoms with Gasteiger partial charge in [-0.15, -0.1) is 6.42 Å². The third-order valence-corrected chi connectivity index (χ3v) is 2.63. The standard InChI is InChI=1S/C13H13NO2/c1-3-8-14(2)13(15)12-9-10-6-4-5-7-11(10)16-12/h1,4-7,12H,8-9H2,2H3. The van der Waals surface area contributed by atoms with Gasteiger partial charge in [-0.05, 0) is 11.6 Å². The molecule has 1 aliphatic rings. The zero-order chi connectivity index (χ0) is 11.5. The van der Waals surface area contributed by atoms with Crippen LogP contribution in [-0.4, -0.2) is 30.5 Å². The summed E-state index contributed by atoms with van der Waals surface area (Å²) < 4.78 is 5.58. The molecule has 0 saturated carbocycles. The SMILES string of the molecule is C#CCN(C)C(=O)C1Cc2ccccc2O1. The van der Waals surface area contributed by atoms with E-state index < -0.39 is 6.10 Å². The molecule has 0 spiro atoms. The van der Waals surface area contributed by atoms with Gasteiger partial charge < -0.3 is 9.64 Å². The van der Waals surface area contributed by atoms with Crippen molar-refractivity contribution in [1.29, 1.82) is 0 Å². The molecule has 0 saturated heterocycles. The van der Waals surface area contributed by atoms with Crippen LogP contribution >= 0.6 is 0 Å². The second-order valence-corrected chi connectivity index (χ2v) is 3.82. The average molecular weight is 215 g/mol. The third-order valence-electron chi connectivity index (χ3n) is 2.63. The zero-order valence-electron chi connectivity index (χ0n) is 9.14. The third kappa shape index (κ3) is 1.87. The first kappa shape index (κ1) is 10.6. The molecule has 1 unspecified atom stereocenters. The fourth-order valence-electron chi connectivity index (χ4n) is 1.78. The van der Waals surface area contributed by atoms with Crippen LogP contribution in [0.1, 0.15) is 5.56 Å². The maximum atomic E-state index is 11.9. The summed E-state index contributed by atoms with van der Waals surface area (Å²) in [6.45, 7) is 0.315. The molecule has 1 amide bonds. The van der Waals surface area contributed by atoms with Crippen molar-refractivity contribution in [2.24, 2.45) is 0 Å². The van der Waals surface area contributed by atoms with Gasteiger partial charge in [0.1, 0.15) is 5.75 Å². The second kappa shape index (κ2) is 4.28. The Bertz CT molecular complexity index is 422. The molecular weight excluding hydrogens is 202 g/mol. The van der Waals surface area contributed by atoms with E-state index in [0.29, 0.717) is 13.0 Å². The summed E-state index contributed by atoms with van der Waals surface area (Å²) in [5.41, 5.74) is 1.08. The highest BCUT2D eigenvalue weighted by molar-refractivity contribution is 5.82. The fourth-order valence-corrected chi connectivity index (χ4v) is 1.78. The normalized spacial score (nSPS) is 17.1.